The van der Waals surface area contributed by atoms with Crippen molar-refractivity contribution in [3.05, 3.63) is 88.2 Å². The number of aryl methyl sites for hydroxylation is 2. The predicted octanol–water partition coefficient (Wildman–Crippen LogP) is 6.30. The molecule has 0 spiro atoms. The number of carbonyl (C=O) groups is 1. The summed E-state index contributed by atoms with van der Waals surface area (Å²) >= 11 is 3.13. The monoisotopic (exact) mass is 462 g/mol. The first kappa shape index (κ1) is 22.3. The molecule has 32 heavy (non-hydrogen) atoms. The summed E-state index contributed by atoms with van der Waals surface area (Å²) in [5.41, 5.74) is 6.38. The molecule has 0 aliphatic rings. The first-order valence-corrected chi connectivity index (χ1v) is 12.5. The van der Waals surface area contributed by atoms with E-state index in [-0.39, 0.29) is 5.91 Å². The molecule has 1 N–H and O–H groups in total. The number of carbonyl (C=O) groups excluding carboxylic acids is 1. The van der Waals surface area contributed by atoms with Crippen LogP contribution in [0.1, 0.15) is 42.1 Å². The minimum absolute atomic E-state index is 0.0355. The van der Waals surface area contributed by atoms with Crippen molar-refractivity contribution in [2.45, 2.75) is 44.5 Å². The number of nitrogens with one attached hydrogen (secondary N) is 1. The Bertz CT molecular complexity index is 1200. The fraction of sp³-hybridized carbons (Fsp3) is 0.240. The molecule has 0 aliphatic carbocycles. The number of nitrogens with zero attached hydrogens (tertiary/aromatic N) is 3. The number of rotatable bonds is 8. The number of imidazole rings is 1. The normalized spacial score (nSPS) is 11.0. The minimum Gasteiger partial charge on any atom is -0.337 e. The number of amides is 1. The Morgan fingerprint density at radius 1 is 1.09 bits per heavy atom. The second kappa shape index (κ2) is 10.1. The molecule has 164 valence electrons. The Hall–Kier alpha value is -2.90. The molecule has 4 rings (SSSR count). The van der Waals surface area contributed by atoms with E-state index < -0.39 is 0 Å². The molecular formula is C25H26N4OS2. The van der Waals surface area contributed by atoms with Crippen LogP contribution in [0.5, 0.6) is 0 Å². The molecule has 0 unspecified atom stereocenters. The SMILES string of the molecule is CCc1ccccc1N(C(C)=O)c1nc(CSc2nc(Cc3ccccc3)c(C)[nH]2)cs1. The van der Waals surface area contributed by atoms with Gasteiger partial charge in [0.2, 0.25) is 5.91 Å². The lowest BCUT2D eigenvalue weighted by Gasteiger charge is -2.20. The number of H-pyrrole nitrogens is 1. The number of hydrogen-bond acceptors (Lipinski definition) is 5. The van der Waals surface area contributed by atoms with Gasteiger partial charge in [0, 0.05) is 30.2 Å². The highest BCUT2D eigenvalue weighted by Crippen LogP contribution is 2.33. The van der Waals surface area contributed by atoms with Crippen molar-refractivity contribution >= 4 is 39.8 Å². The van der Waals surface area contributed by atoms with Gasteiger partial charge in [-0.15, -0.1) is 11.3 Å². The van der Waals surface area contributed by atoms with Crippen LogP contribution in [-0.4, -0.2) is 20.9 Å². The molecule has 2 aromatic carbocycles. The third-order valence-corrected chi connectivity index (χ3v) is 6.98. The van der Waals surface area contributed by atoms with Gasteiger partial charge in [0.05, 0.1) is 17.1 Å². The smallest absolute Gasteiger partial charge is 0.230 e. The van der Waals surface area contributed by atoms with Crippen LogP contribution in [0.2, 0.25) is 0 Å². The number of thiazole rings is 1. The summed E-state index contributed by atoms with van der Waals surface area (Å²) in [4.78, 5) is 27.1. The van der Waals surface area contributed by atoms with Crippen LogP contribution in [0, 0.1) is 6.92 Å². The molecule has 0 atom stereocenters. The summed E-state index contributed by atoms with van der Waals surface area (Å²) in [6.07, 6.45) is 1.67. The maximum Gasteiger partial charge on any atom is 0.230 e. The molecular weight excluding hydrogens is 436 g/mol. The van der Waals surface area contributed by atoms with Crippen molar-refractivity contribution in [2.75, 3.05) is 4.90 Å². The lowest BCUT2D eigenvalue weighted by atomic mass is 10.1. The Balaban J connectivity index is 1.46. The van der Waals surface area contributed by atoms with Crippen molar-refractivity contribution < 1.29 is 4.79 Å². The van der Waals surface area contributed by atoms with Crippen LogP contribution >= 0.6 is 23.1 Å². The zero-order valence-corrected chi connectivity index (χ0v) is 20.1. The molecule has 2 aromatic heterocycles. The summed E-state index contributed by atoms with van der Waals surface area (Å²) in [5.74, 6) is 0.654. The first-order chi connectivity index (χ1) is 15.5. The predicted molar refractivity (Wildman–Crippen MR) is 133 cm³/mol. The number of aromatic amines is 1. The van der Waals surface area contributed by atoms with Gasteiger partial charge in [-0.3, -0.25) is 9.69 Å². The van der Waals surface area contributed by atoms with Crippen molar-refractivity contribution in [1.29, 1.82) is 0 Å². The van der Waals surface area contributed by atoms with Crippen LogP contribution in [0.4, 0.5) is 10.8 Å². The number of aromatic nitrogens is 3. The molecule has 5 nitrogen and oxygen atoms in total. The van der Waals surface area contributed by atoms with E-state index in [1.54, 1.807) is 23.6 Å². The van der Waals surface area contributed by atoms with E-state index in [1.807, 2.05) is 29.6 Å². The molecule has 1 amide bonds. The van der Waals surface area contributed by atoms with E-state index in [2.05, 4.69) is 49.2 Å². The molecule has 7 heteroatoms. The van der Waals surface area contributed by atoms with E-state index in [0.29, 0.717) is 10.9 Å². The highest BCUT2D eigenvalue weighted by atomic mass is 32.2. The van der Waals surface area contributed by atoms with Crippen LogP contribution < -0.4 is 4.90 Å². The highest BCUT2D eigenvalue weighted by Gasteiger charge is 2.20. The zero-order chi connectivity index (χ0) is 22.5. The average molecular weight is 463 g/mol. The largest absolute Gasteiger partial charge is 0.337 e. The Labute approximate surface area is 196 Å². The van der Waals surface area contributed by atoms with Crippen molar-refractivity contribution in [2.24, 2.45) is 0 Å². The minimum atomic E-state index is -0.0355. The molecule has 0 fully saturated rings. The number of hydrogen-bond donors (Lipinski definition) is 1. The van der Waals surface area contributed by atoms with Crippen LogP contribution in [0.25, 0.3) is 0 Å². The summed E-state index contributed by atoms with van der Waals surface area (Å²) in [7, 11) is 0. The van der Waals surface area contributed by atoms with Crippen molar-refractivity contribution in [3.8, 4) is 0 Å². The maximum absolute atomic E-state index is 12.5. The second-order valence-electron chi connectivity index (χ2n) is 7.52. The molecule has 0 aliphatic heterocycles. The summed E-state index contributed by atoms with van der Waals surface area (Å²) in [5, 5.41) is 3.62. The number of benzene rings is 2. The fourth-order valence-electron chi connectivity index (χ4n) is 3.54. The van der Waals surface area contributed by atoms with E-state index in [1.165, 1.54) is 16.9 Å². The molecule has 0 saturated carbocycles. The molecule has 0 bridgehead atoms. The number of thioether (sulfide) groups is 1. The average Bonchev–Trinajstić information content (AvgIpc) is 3.40. The lowest BCUT2D eigenvalue weighted by Crippen LogP contribution is -2.23. The lowest BCUT2D eigenvalue weighted by molar-refractivity contribution is -0.115. The quantitative estimate of drug-likeness (QED) is 0.312. The van der Waals surface area contributed by atoms with Gasteiger partial charge < -0.3 is 4.98 Å². The van der Waals surface area contributed by atoms with E-state index in [0.717, 1.165) is 46.3 Å². The van der Waals surface area contributed by atoms with E-state index >= 15 is 0 Å². The summed E-state index contributed by atoms with van der Waals surface area (Å²) < 4.78 is 0. The van der Waals surface area contributed by atoms with Crippen molar-refractivity contribution in [3.63, 3.8) is 0 Å². The van der Waals surface area contributed by atoms with Gasteiger partial charge >= 0.3 is 0 Å². The van der Waals surface area contributed by atoms with Gasteiger partial charge in [0.25, 0.3) is 0 Å². The summed E-state index contributed by atoms with van der Waals surface area (Å²) in [6, 6.07) is 18.4. The van der Waals surface area contributed by atoms with Gasteiger partial charge in [0.15, 0.2) is 10.3 Å². The van der Waals surface area contributed by atoms with Crippen LogP contribution in [0.15, 0.2) is 65.1 Å². The highest BCUT2D eigenvalue weighted by molar-refractivity contribution is 7.98. The first-order valence-electron chi connectivity index (χ1n) is 10.6. The van der Waals surface area contributed by atoms with Crippen LogP contribution in [0.3, 0.4) is 0 Å². The van der Waals surface area contributed by atoms with Gasteiger partial charge in [-0.05, 0) is 30.5 Å². The van der Waals surface area contributed by atoms with E-state index in [4.69, 9.17) is 9.97 Å². The zero-order valence-electron chi connectivity index (χ0n) is 18.5. The number of anilines is 2. The third kappa shape index (κ3) is 5.11. The Kier molecular flexibility index (Phi) is 7.07. The van der Waals surface area contributed by atoms with Gasteiger partial charge in [0.1, 0.15) is 0 Å². The third-order valence-electron chi connectivity index (χ3n) is 5.19. The van der Waals surface area contributed by atoms with Gasteiger partial charge in [-0.2, -0.15) is 0 Å². The van der Waals surface area contributed by atoms with Gasteiger partial charge in [-0.25, -0.2) is 9.97 Å². The van der Waals surface area contributed by atoms with E-state index in [9.17, 15) is 4.79 Å². The topological polar surface area (TPSA) is 61.9 Å². The molecule has 0 radical (unpaired) electrons. The summed E-state index contributed by atoms with van der Waals surface area (Å²) in [6.45, 7) is 5.74. The van der Waals surface area contributed by atoms with Crippen molar-refractivity contribution in [1.82, 2.24) is 15.0 Å². The molecule has 0 saturated heterocycles. The Morgan fingerprint density at radius 2 is 1.84 bits per heavy atom. The molecule has 4 aromatic rings. The standard InChI is InChI=1S/C25H26N4OS2/c1-4-20-12-8-9-13-23(20)29(18(3)30)25-27-21(16-32-25)15-31-24-26-17(2)22(28-24)14-19-10-6-5-7-11-19/h5-13,16H,4,14-15H2,1-3H3,(H,26,28). The van der Waals surface area contributed by atoms with Crippen LogP contribution in [-0.2, 0) is 23.4 Å². The fourth-order valence-corrected chi connectivity index (χ4v) is 5.36. The second-order valence-corrected chi connectivity index (χ2v) is 9.32. The van der Waals surface area contributed by atoms with Gasteiger partial charge in [-0.1, -0.05) is 67.2 Å². The Morgan fingerprint density at radius 3 is 2.59 bits per heavy atom. The maximum atomic E-state index is 12.5. The number of para-hydroxylation sites is 1. The molecule has 2 heterocycles.